The second-order valence-corrected chi connectivity index (χ2v) is 5.51. The quantitative estimate of drug-likeness (QED) is 0.788. The van der Waals surface area contributed by atoms with Crippen LogP contribution < -0.4 is 5.32 Å². The van der Waals surface area contributed by atoms with E-state index in [2.05, 4.69) is 17.4 Å². The van der Waals surface area contributed by atoms with Gasteiger partial charge in [0.25, 0.3) is 0 Å². The molecular weight excluding hydrogens is 210 g/mol. The van der Waals surface area contributed by atoms with E-state index in [9.17, 15) is 5.11 Å². The van der Waals surface area contributed by atoms with Crippen LogP contribution in [0.4, 0.5) is 0 Å². The van der Waals surface area contributed by atoms with Crippen molar-refractivity contribution >= 4 is 0 Å². The Labute approximate surface area is 103 Å². The first-order valence-electron chi connectivity index (χ1n) is 6.80. The lowest BCUT2D eigenvalue weighted by atomic mass is 10.0. The predicted molar refractivity (Wildman–Crippen MR) is 68.6 cm³/mol. The predicted octanol–water partition coefficient (Wildman–Crippen LogP) is 2.50. The lowest BCUT2D eigenvalue weighted by molar-refractivity contribution is 0.222. The Morgan fingerprint density at radius 1 is 1.06 bits per heavy atom. The van der Waals surface area contributed by atoms with Gasteiger partial charge in [-0.15, -0.1) is 0 Å². The van der Waals surface area contributed by atoms with Gasteiger partial charge in [-0.2, -0.15) is 0 Å². The van der Waals surface area contributed by atoms with Crippen molar-refractivity contribution in [3.8, 4) is 0 Å². The molecule has 2 saturated carbocycles. The van der Waals surface area contributed by atoms with Gasteiger partial charge in [-0.05, 0) is 43.1 Å². The summed E-state index contributed by atoms with van der Waals surface area (Å²) in [4.78, 5) is 0. The van der Waals surface area contributed by atoms with Crippen molar-refractivity contribution in [1.82, 2.24) is 5.32 Å². The van der Waals surface area contributed by atoms with E-state index >= 15 is 0 Å². The van der Waals surface area contributed by atoms with Gasteiger partial charge >= 0.3 is 0 Å². The summed E-state index contributed by atoms with van der Waals surface area (Å²) in [6.07, 6.45) is 5.50. The fourth-order valence-electron chi connectivity index (χ4n) is 2.74. The Hall–Kier alpha value is -0.860. The molecule has 2 N–H and O–H groups in total. The third-order valence-electron chi connectivity index (χ3n) is 4.04. The van der Waals surface area contributed by atoms with E-state index in [4.69, 9.17) is 0 Å². The molecule has 1 atom stereocenters. The van der Waals surface area contributed by atoms with Gasteiger partial charge in [0.15, 0.2) is 0 Å². The molecule has 3 rings (SSSR count). The number of hydrogen-bond acceptors (Lipinski definition) is 2. The minimum Gasteiger partial charge on any atom is -0.394 e. The highest BCUT2D eigenvalue weighted by Gasteiger charge is 2.42. The van der Waals surface area contributed by atoms with Crippen LogP contribution in [0.25, 0.3) is 0 Å². The molecule has 92 valence electrons. The summed E-state index contributed by atoms with van der Waals surface area (Å²) in [5.41, 5.74) is 1.21. The summed E-state index contributed by atoms with van der Waals surface area (Å²) in [7, 11) is 0. The summed E-state index contributed by atoms with van der Waals surface area (Å²) in [6.45, 7) is 0.194. The van der Waals surface area contributed by atoms with Crippen LogP contribution in [0.5, 0.6) is 0 Å². The molecule has 0 aromatic heterocycles. The second kappa shape index (κ2) is 4.79. The summed E-state index contributed by atoms with van der Waals surface area (Å²) < 4.78 is 0. The van der Waals surface area contributed by atoms with Crippen molar-refractivity contribution in [3.05, 3.63) is 35.9 Å². The number of benzene rings is 1. The molecule has 1 aromatic rings. The largest absolute Gasteiger partial charge is 0.394 e. The van der Waals surface area contributed by atoms with Crippen LogP contribution in [-0.4, -0.2) is 17.8 Å². The van der Waals surface area contributed by atoms with Gasteiger partial charge in [-0.3, -0.25) is 0 Å². The second-order valence-electron chi connectivity index (χ2n) is 5.51. The molecule has 2 heteroatoms. The van der Waals surface area contributed by atoms with Gasteiger partial charge in [-0.25, -0.2) is 0 Å². The average molecular weight is 231 g/mol. The fourth-order valence-corrected chi connectivity index (χ4v) is 2.74. The normalized spacial score (nSPS) is 21.8. The van der Waals surface area contributed by atoms with E-state index in [-0.39, 0.29) is 12.6 Å². The van der Waals surface area contributed by atoms with Crippen molar-refractivity contribution in [2.24, 2.45) is 11.8 Å². The highest BCUT2D eigenvalue weighted by Crippen LogP contribution is 2.45. The van der Waals surface area contributed by atoms with Gasteiger partial charge in [-0.1, -0.05) is 30.3 Å². The van der Waals surface area contributed by atoms with E-state index in [1.165, 1.54) is 31.2 Å². The summed E-state index contributed by atoms with van der Waals surface area (Å²) in [5, 5.41) is 13.3. The minimum absolute atomic E-state index is 0.113. The highest BCUT2D eigenvalue weighted by atomic mass is 16.3. The number of aliphatic hydroxyl groups excluding tert-OH is 1. The standard InChI is InChI=1S/C15H21NO/c17-10-14(11-4-2-1-3-5-11)16-15(12-6-7-12)13-8-9-13/h1-5,12-17H,6-10H2/t14-/m1/s1. The molecule has 2 fully saturated rings. The van der Waals surface area contributed by atoms with Gasteiger partial charge in [0.1, 0.15) is 0 Å². The molecule has 0 radical (unpaired) electrons. The summed E-state index contributed by atoms with van der Waals surface area (Å²) in [5.74, 6) is 1.75. The molecule has 0 heterocycles. The van der Waals surface area contributed by atoms with Crippen molar-refractivity contribution in [2.45, 2.75) is 37.8 Å². The van der Waals surface area contributed by atoms with Crippen LogP contribution in [0.15, 0.2) is 30.3 Å². The van der Waals surface area contributed by atoms with Crippen LogP contribution in [0.2, 0.25) is 0 Å². The maximum absolute atomic E-state index is 9.57. The van der Waals surface area contributed by atoms with E-state index in [0.29, 0.717) is 6.04 Å². The van der Waals surface area contributed by atoms with Crippen LogP contribution >= 0.6 is 0 Å². The zero-order valence-electron chi connectivity index (χ0n) is 10.2. The molecule has 1 aromatic carbocycles. The SMILES string of the molecule is OC[C@@H](NC(C1CC1)C1CC1)c1ccccc1. The van der Waals surface area contributed by atoms with Crippen molar-refractivity contribution in [3.63, 3.8) is 0 Å². The molecule has 0 spiro atoms. The average Bonchev–Trinajstić information content (AvgIpc) is 3.25. The number of rotatable bonds is 6. The fraction of sp³-hybridized carbons (Fsp3) is 0.600. The smallest absolute Gasteiger partial charge is 0.0626 e. The topological polar surface area (TPSA) is 32.3 Å². The zero-order chi connectivity index (χ0) is 11.7. The number of nitrogens with one attached hydrogen (secondary N) is 1. The lowest BCUT2D eigenvalue weighted by Gasteiger charge is -2.25. The Kier molecular flexibility index (Phi) is 3.17. The minimum atomic E-state index is 0.113. The van der Waals surface area contributed by atoms with Gasteiger partial charge in [0.05, 0.1) is 12.6 Å². The zero-order valence-corrected chi connectivity index (χ0v) is 10.2. The molecule has 17 heavy (non-hydrogen) atoms. The number of hydrogen-bond donors (Lipinski definition) is 2. The van der Waals surface area contributed by atoms with Crippen LogP contribution in [0.1, 0.15) is 37.3 Å². The molecule has 0 unspecified atom stereocenters. The van der Waals surface area contributed by atoms with Crippen molar-refractivity contribution in [1.29, 1.82) is 0 Å². The van der Waals surface area contributed by atoms with E-state index in [1.807, 2.05) is 18.2 Å². The Morgan fingerprint density at radius 3 is 2.12 bits per heavy atom. The summed E-state index contributed by atoms with van der Waals surface area (Å²) in [6, 6.07) is 11.1. The molecule has 0 saturated heterocycles. The Bertz CT molecular complexity index is 344. The van der Waals surface area contributed by atoms with Crippen molar-refractivity contribution in [2.75, 3.05) is 6.61 Å². The van der Waals surface area contributed by atoms with Crippen molar-refractivity contribution < 1.29 is 5.11 Å². The first kappa shape index (κ1) is 11.2. The molecule has 0 amide bonds. The molecule has 2 nitrogen and oxygen atoms in total. The third-order valence-corrected chi connectivity index (χ3v) is 4.04. The third kappa shape index (κ3) is 2.70. The van der Waals surface area contributed by atoms with E-state index in [0.717, 1.165) is 11.8 Å². The molecule has 0 aliphatic heterocycles. The Balaban J connectivity index is 1.68. The molecule has 2 aliphatic rings. The summed E-state index contributed by atoms with van der Waals surface area (Å²) >= 11 is 0. The first-order valence-corrected chi connectivity index (χ1v) is 6.80. The van der Waals surface area contributed by atoms with Gasteiger partial charge in [0.2, 0.25) is 0 Å². The maximum atomic E-state index is 9.57. The monoisotopic (exact) mass is 231 g/mol. The molecular formula is C15H21NO. The number of aliphatic hydroxyl groups is 1. The van der Waals surface area contributed by atoms with Gasteiger partial charge < -0.3 is 10.4 Å². The van der Waals surface area contributed by atoms with Gasteiger partial charge in [0, 0.05) is 6.04 Å². The van der Waals surface area contributed by atoms with Crippen LogP contribution in [0.3, 0.4) is 0 Å². The molecule has 0 bridgehead atoms. The maximum Gasteiger partial charge on any atom is 0.0626 e. The van der Waals surface area contributed by atoms with Crippen LogP contribution in [0, 0.1) is 11.8 Å². The highest BCUT2D eigenvalue weighted by molar-refractivity contribution is 5.19. The van der Waals surface area contributed by atoms with E-state index in [1.54, 1.807) is 0 Å². The first-order chi connectivity index (χ1) is 8.38. The van der Waals surface area contributed by atoms with E-state index < -0.39 is 0 Å². The lowest BCUT2D eigenvalue weighted by Crippen LogP contribution is -2.37. The Morgan fingerprint density at radius 2 is 1.65 bits per heavy atom. The molecule has 2 aliphatic carbocycles. The van der Waals surface area contributed by atoms with Crippen LogP contribution in [-0.2, 0) is 0 Å².